The second-order valence-corrected chi connectivity index (χ2v) is 7.30. The van der Waals surface area contributed by atoms with Gasteiger partial charge in [-0.05, 0) is 25.0 Å². The van der Waals surface area contributed by atoms with Crippen molar-refractivity contribution in [2.24, 2.45) is 7.05 Å². The highest BCUT2D eigenvalue weighted by Gasteiger charge is 2.41. The molecule has 7 nitrogen and oxygen atoms in total. The lowest BCUT2D eigenvalue weighted by atomic mass is 9.89. The van der Waals surface area contributed by atoms with Crippen molar-refractivity contribution >= 4 is 5.91 Å². The fourth-order valence-electron chi connectivity index (χ4n) is 3.92. The van der Waals surface area contributed by atoms with Crippen molar-refractivity contribution in [2.45, 2.75) is 25.0 Å². The molecule has 26 heavy (non-hydrogen) atoms. The van der Waals surface area contributed by atoms with E-state index in [1.165, 1.54) is 5.56 Å². The first-order chi connectivity index (χ1) is 12.6. The van der Waals surface area contributed by atoms with Crippen LogP contribution in [0.4, 0.5) is 0 Å². The average molecular weight is 355 g/mol. The second-order valence-electron chi connectivity index (χ2n) is 7.30. The summed E-state index contributed by atoms with van der Waals surface area (Å²) < 4.78 is 8.01. The highest BCUT2D eigenvalue weighted by atomic mass is 16.5. The summed E-state index contributed by atoms with van der Waals surface area (Å²) in [4.78, 5) is 21.2. The monoisotopic (exact) mass is 355 g/mol. The average Bonchev–Trinajstić information content (AvgIpc) is 3.09. The van der Waals surface area contributed by atoms with Gasteiger partial charge in [-0.15, -0.1) is 0 Å². The maximum absolute atomic E-state index is 12.7. The number of carbonyl (C=O) groups is 1. The van der Waals surface area contributed by atoms with Gasteiger partial charge in [-0.2, -0.15) is 5.10 Å². The normalized spacial score (nSPS) is 20.4. The number of likely N-dealkylation sites (tertiary alicyclic amines) is 1. The first-order valence-corrected chi connectivity index (χ1v) is 9.17. The van der Waals surface area contributed by atoms with E-state index in [2.05, 4.69) is 21.2 Å². The molecule has 2 aliphatic heterocycles. The summed E-state index contributed by atoms with van der Waals surface area (Å²) in [5.74, 6) is 0.0542. The second kappa shape index (κ2) is 7.17. The van der Waals surface area contributed by atoms with Crippen molar-refractivity contribution in [2.75, 3.05) is 32.8 Å². The number of carbonyl (C=O) groups excluding carboxylic acids is 1. The van der Waals surface area contributed by atoms with Gasteiger partial charge in [0.05, 0.1) is 30.5 Å². The molecule has 1 spiro atoms. The van der Waals surface area contributed by atoms with E-state index in [0.717, 1.165) is 32.5 Å². The molecular formula is C19H25N5O2. The third kappa shape index (κ3) is 3.64. The predicted octanol–water partition coefficient (Wildman–Crippen LogP) is 1.32. The van der Waals surface area contributed by atoms with Crippen molar-refractivity contribution in [3.63, 3.8) is 0 Å². The van der Waals surface area contributed by atoms with Gasteiger partial charge in [0.25, 0.3) is 5.91 Å². The fourth-order valence-corrected chi connectivity index (χ4v) is 3.92. The largest absolute Gasteiger partial charge is 0.371 e. The van der Waals surface area contributed by atoms with Crippen LogP contribution in [-0.4, -0.2) is 68.9 Å². The van der Waals surface area contributed by atoms with E-state index in [-0.39, 0.29) is 11.5 Å². The molecular weight excluding hydrogens is 330 g/mol. The van der Waals surface area contributed by atoms with Gasteiger partial charge < -0.3 is 9.64 Å². The highest BCUT2D eigenvalue weighted by Crippen LogP contribution is 2.31. The fraction of sp³-hybridized carbons (Fsp3) is 0.526. The van der Waals surface area contributed by atoms with E-state index in [0.29, 0.717) is 25.3 Å². The molecule has 0 atom stereocenters. The summed E-state index contributed by atoms with van der Waals surface area (Å²) in [7, 11) is 1.94. The Labute approximate surface area is 153 Å². The number of rotatable bonds is 3. The van der Waals surface area contributed by atoms with Crippen LogP contribution in [0.5, 0.6) is 0 Å². The van der Waals surface area contributed by atoms with Crippen LogP contribution in [0.25, 0.3) is 0 Å². The van der Waals surface area contributed by atoms with Gasteiger partial charge in [-0.1, -0.05) is 0 Å². The number of ether oxygens (including phenoxy) is 1. The molecule has 7 heteroatoms. The number of amides is 1. The van der Waals surface area contributed by atoms with Crippen molar-refractivity contribution in [1.29, 1.82) is 0 Å². The van der Waals surface area contributed by atoms with Crippen LogP contribution in [0.2, 0.25) is 0 Å². The molecule has 0 radical (unpaired) electrons. The summed E-state index contributed by atoms with van der Waals surface area (Å²) in [6.07, 6.45) is 9.22. The zero-order chi connectivity index (χ0) is 18.0. The summed E-state index contributed by atoms with van der Waals surface area (Å²) in [5.41, 5.74) is 1.68. The molecule has 0 bridgehead atoms. The van der Waals surface area contributed by atoms with Gasteiger partial charge >= 0.3 is 0 Å². The molecule has 138 valence electrons. The summed E-state index contributed by atoms with van der Waals surface area (Å²) in [5, 5.41) is 4.24. The summed E-state index contributed by atoms with van der Waals surface area (Å²) in [6.45, 7) is 4.79. The van der Waals surface area contributed by atoms with Gasteiger partial charge in [-0.25, -0.2) is 0 Å². The molecule has 2 aromatic rings. The van der Waals surface area contributed by atoms with Crippen LogP contribution in [-0.2, 0) is 18.3 Å². The lowest BCUT2D eigenvalue weighted by Gasteiger charge is -2.47. The Morgan fingerprint density at radius 3 is 2.81 bits per heavy atom. The number of pyridine rings is 1. The topological polar surface area (TPSA) is 63.5 Å². The molecule has 0 saturated carbocycles. The molecule has 0 unspecified atom stereocenters. The van der Waals surface area contributed by atoms with Crippen molar-refractivity contribution in [3.05, 3.63) is 48.0 Å². The van der Waals surface area contributed by atoms with Crippen molar-refractivity contribution < 1.29 is 9.53 Å². The Bertz CT molecular complexity index is 752. The van der Waals surface area contributed by atoms with Crippen molar-refractivity contribution in [1.82, 2.24) is 24.6 Å². The smallest absolute Gasteiger partial charge is 0.255 e. The Hall–Kier alpha value is -2.25. The van der Waals surface area contributed by atoms with Crippen molar-refractivity contribution in [3.8, 4) is 0 Å². The van der Waals surface area contributed by atoms with Crippen LogP contribution >= 0.6 is 0 Å². The third-order valence-electron chi connectivity index (χ3n) is 5.38. The molecule has 2 saturated heterocycles. The van der Waals surface area contributed by atoms with Crippen LogP contribution in [0.1, 0.15) is 28.8 Å². The number of aryl methyl sites for hydroxylation is 1. The number of nitrogens with zero attached hydrogens (tertiary/aromatic N) is 5. The quantitative estimate of drug-likeness (QED) is 0.831. The molecule has 1 amide bonds. The summed E-state index contributed by atoms with van der Waals surface area (Å²) in [6, 6.07) is 3.63. The Morgan fingerprint density at radius 1 is 1.27 bits per heavy atom. The van der Waals surface area contributed by atoms with Crippen LogP contribution < -0.4 is 0 Å². The Kier molecular flexibility index (Phi) is 4.74. The Balaban J connectivity index is 1.36. The SMILES string of the molecule is Cn1cc(CN2CCC3(CC2)CN(C(=O)c2cccnc2)CCO3)cn1. The van der Waals surface area contributed by atoms with Gasteiger partial charge in [0.15, 0.2) is 0 Å². The van der Waals surface area contributed by atoms with Crippen LogP contribution in [0, 0.1) is 0 Å². The zero-order valence-electron chi connectivity index (χ0n) is 15.2. The van der Waals surface area contributed by atoms with E-state index in [9.17, 15) is 4.79 Å². The van der Waals surface area contributed by atoms with Gasteiger partial charge in [0, 0.05) is 57.4 Å². The third-order valence-corrected chi connectivity index (χ3v) is 5.38. The molecule has 4 heterocycles. The summed E-state index contributed by atoms with van der Waals surface area (Å²) >= 11 is 0. The number of hydrogen-bond donors (Lipinski definition) is 0. The molecule has 2 fully saturated rings. The molecule has 0 N–H and O–H groups in total. The first-order valence-electron chi connectivity index (χ1n) is 9.17. The lowest BCUT2D eigenvalue weighted by molar-refractivity contribution is -0.127. The van der Waals surface area contributed by atoms with Crippen LogP contribution in [0.15, 0.2) is 36.9 Å². The van der Waals surface area contributed by atoms with E-state index in [1.807, 2.05) is 28.9 Å². The van der Waals surface area contributed by atoms with Crippen LogP contribution in [0.3, 0.4) is 0 Å². The maximum Gasteiger partial charge on any atom is 0.255 e. The zero-order valence-corrected chi connectivity index (χ0v) is 15.2. The van der Waals surface area contributed by atoms with E-state index in [4.69, 9.17) is 4.74 Å². The first kappa shape index (κ1) is 17.2. The van der Waals surface area contributed by atoms with Gasteiger partial charge in [0.2, 0.25) is 0 Å². The van der Waals surface area contributed by atoms with E-state index < -0.39 is 0 Å². The molecule has 0 aromatic carbocycles. The maximum atomic E-state index is 12.7. The van der Waals surface area contributed by atoms with Gasteiger partial charge in [-0.3, -0.25) is 19.4 Å². The number of piperidine rings is 1. The number of morpholine rings is 1. The number of aromatic nitrogens is 3. The number of hydrogen-bond acceptors (Lipinski definition) is 5. The standard InChI is InChI=1S/C19H25N5O2/c1-22-13-16(11-21-22)14-23-7-4-19(5-8-23)15-24(9-10-26-19)18(25)17-3-2-6-20-12-17/h2-3,6,11-13H,4-5,7-10,14-15H2,1H3. The van der Waals surface area contributed by atoms with E-state index in [1.54, 1.807) is 18.5 Å². The minimum Gasteiger partial charge on any atom is -0.371 e. The highest BCUT2D eigenvalue weighted by molar-refractivity contribution is 5.94. The molecule has 2 aromatic heterocycles. The Morgan fingerprint density at radius 2 is 2.12 bits per heavy atom. The molecule has 0 aliphatic carbocycles. The lowest BCUT2D eigenvalue weighted by Crippen LogP contribution is -2.57. The minimum absolute atomic E-state index is 0.0542. The molecule has 4 rings (SSSR count). The van der Waals surface area contributed by atoms with E-state index >= 15 is 0 Å². The minimum atomic E-state index is -0.207. The predicted molar refractivity (Wildman–Crippen MR) is 96.5 cm³/mol. The molecule has 2 aliphatic rings. The van der Waals surface area contributed by atoms with Gasteiger partial charge in [0.1, 0.15) is 0 Å².